The molecule has 3 heterocycles. The number of ketones is 1. The highest BCUT2D eigenvalue weighted by Gasteiger charge is 2.56. The number of nitrogens with zero attached hydrogens (tertiary/aromatic N) is 1. The maximum atomic E-state index is 14.3. The minimum absolute atomic E-state index is 0.0256. The molecule has 4 aliphatic rings. The van der Waals surface area contributed by atoms with E-state index in [4.69, 9.17) is 29.1 Å². The lowest BCUT2D eigenvalue weighted by atomic mass is 9.81. The number of Topliss-reactive ketones (excluding diaryl/α,β-unsaturated/α-hetero) is 1. The van der Waals surface area contributed by atoms with E-state index in [0.717, 1.165) is 5.57 Å². The van der Waals surface area contributed by atoms with Gasteiger partial charge >= 0.3 is 5.97 Å². The van der Waals surface area contributed by atoms with Gasteiger partial charge in [0.1, 0.15) is 18.2 Å². The summed E-state index contributed by atoms with van der Waals surface area (Å²) in [6.45, 7) is 11.5. The second-order valence-electron chi connectivity index (χ2n) is 17.2. The molecular weight excluding hydrogens is 720 g/mol. The van der Waals surface area contributed by atoms with E-state index in [1.165, 1.54) is 4.90 Å². The Bertz CT molecular complexity index is 1430. The molecule has 1 saturated carbocycles. The van der Waals surface area contributed by atoms with E-state index in [-0.39, 0.29) is 49.7 Å². The van der Waals surface area contributed by atoms with Crippen LogP contribution < -0.4 is 0 Å². The smallest absolute Gasteiger partial charge is 0.329 e. The van der Waals surface area contributed by atoms with Crippen molar-refractivity contribution in [1.82, 2.24) is 4.90 Å². The van der Waals surface area contributed by atoms with E-state index in [0.29, 0.717) is 62.7 Å². The van der Waals surface area contributed by atoms with Crippen LogP contribution in [0.25, 0.3) is 0 Å². The summed E-state index contributed by atoms with van der Waals surface area (Å²) in [6, 6.07) is -1.11. The highest BCUT2D eigenvalue weighted by molar-refractivity contribution is 6.39. The van der Waals surface area contributed by atoms with Crippen molar-refractivity contribution in [3.05, 3.63) is 23.3 Å². The van der Waals surface area contributed by atoms with Crippen molar-refractivity contribution < 1.29 is 53.4 Å². The molecule has 318 valence electrons. The third-order valence-corrected chi connectivity index (χ3v) is 12.9. The molecule has 0 unspecified atom stereocenters. The number of aliphatic hydroxyl groups excluding tert-OH is 2. The van der Waals surface area contributed by atoms with Crippen LogP contribution in [0.4, 0.5) is 0 Å². The zero-order valence-electron chi connectivity index (χ0n) is 35.2. The number of amides is 1. The second kappa shape index (κ2) is 20.4. The first-order chi connectivity index (χ1) is 26.5. The summed E-state index contributed by atoms with van der Waals surface area (Å²) in [5, 5.41) is 43.3. The highest BCUT2D eigenvalue weighted by atomic mass is 16.7. The lowest BCUT2D eigenvalue weighted by Crippen LogP contribution is -2.64. The molecule has 1 aliphatic carbocycles. The SMILES string of the molecule is CC[C@@H]1/C=C(\C)C[C@H](C)C[C@H](OC)[C@H]2O[C@@](O)(C(=O)C(=O)N3CCCC[C@H]3C(=O)O[C@H](/C(C)=C/[C@@H]3CC[C@@H](O)[C@H](OC)C3)[C@H](C)[C@@H](O)CC1=N)[C@H](C)C[C@@H]2OC. The van der Waals surface area contributed by atoms with Gasteiger partial charge in [0.15, 0.2) is 0 Å². The minimum Gasteiger partial charge on any atom is -0.456 e. The van der Waals surface area contributed by atoms with E-state index < -0.39 is 77.9 Å². The standard InChI is InChI=1S/C43H70N2O11/c1-10-30-18-24(2)17-25(3)19-36(53-8)39-37(54-9)21-27(5)43(51,56-39)40(48)41(49)45-16-12-11-13-32(45)42(50)55-38(28(6)34(47)23-31(30)44)26(4)20-29-14-15-33(46)35(22-29)52-7/h18,20,25,27-30,32-39,44,46-47,51H,10-17,19,21-23H2,1-9H3/b24-18+,26-20+,44-31?/t25-,27+,28+,29-,30+,32-,33+,34-,35+,36-,37-,38+,39+,43+/m0/s1. The van der Waals surface area contributed by atoms with Crippen LogP contribution >= 0.6 is 0 Å². The topological polar surface area (TPSA) is 185 Å². The van der Waals surface area contributed by atoms with Crippen molar-refractivity contribution in [2.24, 2.45) is 29.6 Å². The molecule has 2 bridgehead atoms. The summed E-state index contributed by atoms with van der Waals surface area (Å²) in [7, 11) is 4.67. The molecule has 0 radical (unpaired) electrons. The van der Waals surface area contributed by atoms with Crippen LogP contribution in [0.1, 0.15) is 112 Å². The molecule has 3 fully saturated rings. The van der Waals surface area contributed by atoms with Crippen LogP contribution in [0.15, 0.2) is 23.3 Å². The van der Waals surface area contributed by atoms with Crippen molar-refractivity contribution in [2.75, 3.05) is 27.9 Å². The van der Waals surface area contributed by atoms with Gasteiger partial charge in [-0.3, -0.25) is 9.59 Å². The number of piperidine rings is 1. The summed E-state index contributed by atoms with van der Waals surface area (Å²) < 4.78 is 29.8. The third-order valence-electron chi connectivity index (χ3n) is 12.9. The first-order valence-electron chi connectivity index (χ1n) is 20.8. The number of esters is 1. The molecule has 1 amide bonds. The number of carbonyl (C=O) groups is 3. The fourth-order valence-corrected chi connectivity index (χ4v) is 9.44. The summed E-state index contributed by atoms with van der Waals surface area (Å²) in [5.41, 5.74) is 2.16. The van der Waals surface area contributed by atoms with Crippen LogP contribution in [0.3, 0.4) is 0 Å². The number of hydrogen-bond acceptors (Lipinski definition) is 12. The monoisotopic (exact) mass is 790 g/mol. The van der Waals surface area contributed by atoms with E-state index in [1.54, 1.807) is 35.2 Å². The molecule has 13 heteroatoms. The number of aliphatic hydroxyl groups is 3. The molecule has 14 atom stereocenters. The average molecular weight is 791 g/mol. The van der Waals surface area contributed by atoms with Gasteiger partial charge in [-0.25, -0.2) is 4.79 Å². The summed E-state index contributed by atoms with van der Waals surface area (Å²) in [4.78, 5) is 43.9. The molecule has 0 aromatic carbocycles. The van der Waals surface area contributed by atoms with Gasteiger partial charge in [0.25, 0.3) is 11.7 Å². The van der Waals surface area contributed by atoms with Crippen LogP contribution in [-0.2, 0) is 38.1 Å². The normalized spacial score (nSPS) is 41.6. The first kappa shape index (κ1) is 46.2. The number of allylic oxidation sites excluding steroid dienone is 3. The number of rotatable bonds is 6. The van der Waals surface area contributed by atoms with Crippen molar-refractivity contribution in [3.63, 3.8) is 0 Å². The molecule has 3 aliphatic heterocycles. The van der Waals surface area contributed by atoms with Gasteiger partial charge in [0, 0.05) is 57.8 Å². The first-order valence-corrected chi connectivity index (χ1v) is 20.8. The minimum atomic E-state index is -2.49. The third kappa shape index (κ3) is 10.7. The molecule has 4 N–H and O–H groups in total. The zero-order chi connectivity index (χ0) is 41.5. The van der Waals surface area contributed by atoms with Crippen LogP contribution in [0.5, 0.6) is 0 Å². The van der Waals surface area contributed by atoms with Gasteiger partial charge < -0.3 is 49.3 Å². The Balaban J connectivity index is 1.76. The van der Waals surface area contributed by atoms with Gasteiger partial charge in [-0.2, -0.15) is 0 Å². The largest absolute Gasteiger partial charge is 0.456 e. The molecule has 4 rings (SSSR count). The maximum Gasteiger partial charge on any atom is 0.329 e. The molecule has 0 aromatic heterocycles. The number of cyclic esters (lactones) is 1. The summed E-state index contributed by atoms with van der Waals surface area (Å²) in [6.07, 6.45) is 4.70. The van der Waals surface area contributed by atoms with Crippen LogP contribution in [0, 0.1) is 35.0 Å². The number of carbonyl (C=O) groups excluding carboxylic acids is 3. The van der Waals surface area contributed by atoms with Gasteiger partial charge in [0.05, 0.1) is 30.5 Å². The number of hydrogen-bond donors (Lipinski definition) is 4. The number of ether oxygens (including phenoxy) is 5. The summed E-state index contributed by atoms with van der Waals surface area (Å²) in [5.74, 6) is -6.92. The van der Waals surface area contributed by atoms with Gasteiger partial charge in [0.2, 0.25) is 5.79 Å². The van der Waals surface area contributed by atoms with Crippen molar-refractivity contribution in [1.29, 1.82) is 5.41 Å². The second-order valence-corrected chi connectivity index (χ2v) is 17.2. The Labute approximate surface area is 334 Å². The Kier molecular flexibility index (Phi) is 16.9. The molecule has 0 aromatic rings. The van der Waals surface area contributed by atoms with E-state index in [1.807, 2.05) is 26.8 Å². The zero-order valence-corrected chi connectivity index (χ0v) is 35.2. The van der Waals surface area contributed by atoms with Gasteiger partial charge in [-0.15, -0.1) is 0 Å². The molecule has 13 nitrogen and oxygen atoms in total. The van der Waals surface area contributed by atoms with E-state index in [2.05, 4.69) is 13.0 Å². The molecular formula is C43H70N2O11. The number of fused-ring (bicyclic) bond motifs is 3. The van der Waals surface area contributed by atoms with Gasteiger partial charge in [-0.1, -0.05) is 45.4 Å². The van der Waals surface area contributed by atoms with Crippen LogP contribution in [0.2, 0.25) is 0 Å². The van der Waals surface area contributed by atoms with E-state index >= 15 is 0 Å². The Hall–Kier alpha value is -2.52. The predicted octanol–water partition coefficient (Wildman–Crippen LogP) is 4.92. The highest BCUT2D eigenvalue weighted by Crippen LogP contribution is 2.39. The van der Waals surface area contributed by atoms with Crippen molar-refractivity contribution in [2.45, 2.75) is 167 Å². The fraction of sp³-hybridized carbons (Fsp3) is 0.814. The van der Waals surface area contributed by atoms with Gasteiger partial charge in [-0.05, 0) is 95.5 Å². The van der Waals surface area contributed by atoms with Crippen molar-refractivity contribution >= 4 is 23.4 Å². The van der Waals surface area contributed by atoms with Crippen molar-refractivity contribution in [3.8, 4) is 0 Å². The summed E-state index contributed by atoms with van der Waals surface area (Å²) >= 11 is 0. The quantitative estimate of drug-likeness (QED) is 0.163. The average Bonchev–Trinajstić information content (AvgIpc) is 3.18. The molecule has 56 heavy (non-hydrogen) atoms. The molecule has 2 saturated heterocycles. The fourth-order valence-electron chi connectivity index (χ4n) is 9.44. The van der Waals surface area contributed by atoms with E-state index in [9.17, 15) is 29.7 Å². The predicted molar refractivity (Wildman–Crippen MR) is 211 cm³/mol. The van der Waals surface area contributed by atoms with Crippen LogP contribution in [-0.4, -0.2) is 126 Å². The Morgan fingerprint density at radius 3 is 2.25 bits per heavy atom. The Morgan fingerprint density at radius 1 is 0.946 bits per heavy atom. The lowest BCUT2D eigenvalue weighted by molar-refractivity contribution is -0.302. The molecule has 0 spiro atoms. The Morgan fingerprint density at radius 2 is 1.61 bits per heavy atom. The number of nitrogens with one attached hydrogen (secondary N) is 1. The lowest BCUT2D eigenvalue weighted by Gasteiger charge is -2.47. The number of methoxy groups -OCH3 is 3. The maximum absolute atomic E-state index is 14.3.